The molecule has 1 aromatic rings. The van der Waals surface area contributed by atoms with Crippen molar-refractivity contribution in [3.05, 3.63) is 15.0 Å². The van der Waals surface area contributed by atoms with E-state index in [9.17, 15) is 9.90 Å². The van der Waals surface area contributed by atoms with Gasteiger partial charge in [0.1, 0.15) is 5.97 Å². The number of carboxylic acids is 1. The molecule has 3 nitrogen and oxygen atoms in total. The predicted octanol–water partition coefficient (Wildman–Crippen LogP) is -3.14. The summed E-state index contributed by atoms with van der Waals surface area (Å²) in [5.74, 6) is -1.07. The molecule has 0 bridgehead atoms. The Morgan fingerprint density at radius 1 is 1.83 bits per heavy atom. The summed E-state index contributed by atoms with van der Waals surface area (Å²) in [7, 11) is 0. The minimum absolute atomic E-state index is 0. The van der Waals surface area contributed by atoms with Crippen LogP contribution in [0.2, 0.25) is 0 Å². The molecule has 0 unspecified atom stereocenters. The zero-order valence-corrected chi connectivity index (χ0v) is 11.2. The van der Waals surface area contributed by atoms with Gasteiger partial charge in [-0.15, -0.1) is 0 Å². The summed E-state index contributed by atoms with van der Waals surface area (Å²) in [5.41, 5.74) is 0.922. The third kappa shape index (κ3) is 3.14. The van der Waals surface area contributed by atoms with Gasteiger partial charge in [0.2, 0.25) is 0 Å². The summed E-state index contributed by atoms with van der Waals surface area (Å²) in [5, 5.41) is 12.1. The van der Waals surface area contributed by atoms with Crippen molar-refractivity contribution in [1.29, 1.82) is 0 Å². The van der Waals surface area contributed by atoms with Crippen LogP contribution >= 0.6 is 27.3 Å². The molecule has 0 aliphatic carbocycles. The molecular weight excluding hydrogens is 253 g/mol. The van der Waals surface area contributed by atoms with E-state index in [0.717, 1.165) is 9.61 Å². The zero-order valence-electron chi connectivity index (χ0n) is 6.83. The van der Waals surface area contributed by atoms with Crippen molar-refractivity contribution in [3.63, 3.8) is 0 Å². The largest absolute Gasteiger partial charge is 1.00 e. The molecular formula is C6H6BrNNaO2S+. The van der Waals surface area contributed by atoms with Gasteiger partial charge in [0.25, 0.3) is 0 Å². The van der Waals surface area contributed by atoms with Crippen molar-refractivity contribution in [3.8, 4) is 0 Å². The molecule has 1 heterocycles. The minimum atomic E-state index is -1.07. The normalized spacial score (nSPS) is 9.17. The number of aliphatic carboxylic acids is 1. The van der Waals surface area contributed by atoms with E-state index >= 15 is 0 Å². The van der Waals surface area contributed by atoms with Crippen molar-refractivity contribution < 1.29 is 44.0 Å². The number of halogens is 1. The van der Waals surface area contributed by atoms with E-state index in [1.165, 1.54) is 11.3 Å². The van der Waals surface area contributed by atoms with Gasteiger partial charge in [0.05, 0.1) is 5.38 Å². The molecule has 0 aliphatic heterocycles. The van der Waals surface area contributed by atoms with Gasteiger partial charge in [0, 0.05) is 22.9 Å². The van der Waals surface area contributed by atoms with Crippen LogP contribution in [0.4, 0.5) is 0 Å². The number of nitrogens with zero attached hydrogens (tertiary/aromatic N) is 1. The SMILES string of the molecule is Cc1csc(Br)[n+]1CC(=O)[O-].[Na+]. The Balaban J connectivity index is 0.00000121. The third-order valence-corrected chi connectivity index (χ3v) is 3.11. The summed E-state index contributed by atoms with van der Waals surface area (Å²) in [6.07, 6.45) is 0. The first kappa shape index (κ1) is 12.6. The average Bonchev–Trinajstić information content (AvgIpc) is 2.18. The fourth-order valence-corrected chi connectivity index (χ4v) is 2.13. The fraction of sp³-hybridized carbons (Fsp3) is 0.333. The van der Waals surface area contributed by atoms with E-state index in [2.05, 4.69) is 15.9 Å². The topological polar surface area (TPSA) is 44.0 Å². The first-order chi connectivity index (χ1) is 5.11. The van der Waals surface area contributed by atoms with Crippen LogP contribution in [-0.2, 0) is 11.3 Å². The molecule has 0 saturated heterocycles. The second kappa shape index (κ2) is 5.34. The molecule has 0 atom stereocenters. The molecule has 0 aromatic carbocycles. The Hall–Kier alpha value is 0.580. The van der Waals surface area contributed by atoms with Crippen molar-refractivity contribution in [1.82, 2.24) is 0 Å². The van der Waals surface area contributed by atoms with Crippen LogP contribution in [0, 0.1) is 6.92 Å². The maximum atomic E-state index is 10.2. The molecule has 0 radical (unpaired) electrons. The number of rotatable bonds is 2. The van der Waals surface area contributed by atoms with Gasteiger partial charge >= 0.3 is 33.5 Å². The smallest absolute Gasteiger partial charge is 0.544 e. The first-order valence-electron chi connectivity index (χ1n) is 2.94. The first-order valence-corrected chi connectivity index (χ1v) is 4.62. The Morgan fingerprint density at radius 2 is 2.42 bits per heavy atom. The van der Waals surface area contributed by atoms with Crippen molar-refractivity contribution in [2.45, 2.75) is 13.5 Å². The van der Waals surface area contributed by atoms with Crippen LogP contribution in [0.5, 0.6) is 0 Å². The van der Waals surface area contributed by atoms with Gasteiger partial charge in [-0.05, 0) is 0 Å². The van der Waals surface area contributed by atoms with Crippen LogP contribution in [0.15, 0.2) is 9.30 Å². The van der Waals surface area contributed by atoms with E-state index in [1.54, 1.807) is 4.57 Å². The molecule has 60 valence electrons. The molecule has 1 rings (SSSR count). The van der Waals surface area contributed by atoms with E-state index in [4.69, 9.17) is 0 Å². The van der Waals surface area contributed by atoms with Crippen molar-refractivity contribution in [2.24, 2.45) is 0 Å². The number of hydrogen-bond acceptors (Lipinski definition) is 3. The molecule has 0 spiro atoms. The maximum absolute atomic E-state index is 10.2. The Kier molecular flexibility index (Phi) is 5.60. The summed E-state index contributed by atoms with van der Waals surface area (Å²) >= 11 is 4.70. The van der Waals surface area contributed by atoms with E-state index < -0.39 is 5.97 Å². The zero-order chi connectivity index (χ0) is 8.43. The fourth-order valence-electron chi connectivity index (χ4n) is 0.716. The summed E-state index contributed by atoms with van der Waals surface area (Å²) in [6, 6.07) is 0. The molecule has 6 heteroatoms. The molecule has 0 saturated carbocycles. The number of aromatic nitrogens is 1. The number of thiazole rings is 1. The van der Waals surface area contributed by atoms with Gasteiger partial charge in [-0.2, -0.15) is 4.57 Å². The number of carbonyl (C=O) groups is 1. The van der Waals surface area contributed by atoms with Gasteiger partial charge in [-0.25, -0.2) is 0 Å². The Morgan fingerprint density at radius 3 is 2.75 bits per heavy atom. The Bertz CT molecular complexity index is 270. The number of hydrogen-bond donors (Lipinski definition) is 0. The number of carboxylic acid groups (broad SMARTS) is 1. The maximum Gasteiger partial charge on any atom is 1.00 e. The van der Waals surface area contributed by atoms with Gasteiger partial charge < -0.3 is 9.90 Å². The van der Waals surface area contributed by atoms with Gasteiger partial charge in [-0.3, -0.25) is 0 Å². The second-order valence-electron chi connectivity index (χ2n) is 2.09. The summed E-state index contributed by atoms with van der Waals surface area (Å²) in [6.45, 7) is 1.76. The van der Waals surface area contributed by atoms with Crippen molar-refractivity contribution >= 4 is 33.2 Å². The molecule has 0 fully saturated rings. The molecule has 0 N–H and O–H groups in total. The van der Waals surface area contributed by atoms with Crippen LogP contribution < -0.4 is 39.2 Å². The summed E-state index contributed by atoms with van der Waals surface area (Å²) in [4.78, 5) is 10.2. The molecule has 0 amide bonds. The quantitative estimate of drug-likeness (QED) is 0.416. The minimum Gasteiger partial charge on any atom is -0.544 e. The average molecular weight is 259 g/mol. The van der Waals surface area contributed by atoms with Crippen molar-refractivity contribution in [2.75, 3.05) is 0 Å². The molecule has 12 heavy (non-hydrogen) atoms. The van der Waals surface area contributed by atoms with E-state index in [0.29, 0.717) is 0 Å². The third-order valence-electron chi connectivity index (χ3n) is 1.25. The predicted molar refractivity (Wildman–Crippen MR) is 42.0 cm³/mol. The molecule has 1 aromatic heterocycles. The standard InChI is InChI=1S/C6H6BrNO2S.Na/c1-4-3-11-6(7)8(4)2-5(9)10;/h3H,2H2,1H3;/q;+1. The monoisotopic (exact) mass is 258 g/mol. The Labute approximate surface area is 105 Å². The van der Waals surface area contributed by atoms with Crippen LogP contribution in [0.25, 0.3) is 0 Å². The number of carbonyl (C=O) groups excluding carboxylic acids is 1. The van der Waals surface area contributed by atoms with Crippen LogP contribution in [0.3, 0.4) is 0 Å². The van der Waals surface area contributed by atoms with Gasteiger partial charge in [-0.1, -0.05) is 11.3 Å². The van der Waals surface area contributed by atoms with Crippen LogP contribution in [-0.4, -0.2) is 5.97 Å². The summed E-state index contributed by atoms with van der Waals surface area (Å²) < 4.78 is 2.44. The van der Waals surface area contributed by atoms with Crippen LogP contribution in [0.1, 0.15) is 5.69 Å². The van der Waals surface area contributed by atoms with Gasteiger partial charge in [0.15, 0.2) is 12.2 Å². The molecule has 0 aliphatic rings. The number of aryl methyl sites for hydroxylation is 1. The van der Waals surface area contributed by atoms with E-state index in [1.807, 2.05) is 12.3 Å². The second-order valence-corrected chi connectivity index (χ2v) is 4.22. The van der Waals surface area contributed by atoms with E-state index in [-0.39, 0.29) is 36.1 Å².